The summed E-state index contributed by atoms with van der Waals surface area (Å²) in [6, 6.07) is 0. The molecule has 0 aliphatic rings. The summed E-state index contributed by atoms with van der Waals surface area (Å²) in [5, 5.41) is 30.3. The van der Waals surface area contributed by atoms with E-state index in [-0.39, 0.29) is 0 Å². The first-order valence-corrected chi connectivity index (χ1v) is 18.7. The quantitative estimate of drug-likeness (QED) is 0.0422. The number of aliphatic carboxylic acids is 3. The monoisotopic (exact) mass is 638 g/mol. The summed E-state index contributed by atoms with van der Waals surface area (Å²) >= 11 is 0. The SMILES string of the molecule is CCCCCCCCCC/C=C/CCCCCCCCCCC[N+](CCC(C)C(=O)[O-])(CCC(C)C(=O)O)CCC(C)C(=O)O. The summed E-state index contributed by atoms with van der Waals surface area (Å²) < 4.78 is 0.584. The predicted octanol–water partition coefficient (Wildman–Crippen LogP) is 8.79. The van der Waals surface area contributed by atoms with Gasteiger partial charge in [0.1, 0.15) is 0 Å². The third-order valence-electron chi connectivity index (χ3n) is 9.75. The van der Waals surface area contributed by atoms with Gasteiger partial charge in [0.05, 0.1) is 38.0 Å². The number of hydrogen-bond acceptors (Lipinski definition) is 4. The highest BCUT2D eigenvalue weighted by atomic mass is 16.4. The molecule has 0 rings (SSSR count). The van der Waals surface area contributed by atoms with Crippen LogP contribution in [0.15, 0.2) is 12.2 Å². The number of unbranched alkanes of at least 4 members (excludes halogenated alkanes) is 17. The molecule has 3 unspecified atom stereocenters. The van der Waals surface area contributed by atoms with Crippen LogP contribution in [0.5, 0.6) is 0 Å². The van der Waals surface area contributed by atoms with Crippen molar-refractivity contribution in [2.24, 2.45) is 17.8 Å². The van der Waals surface area contributed by atoms with E-state index in [2.05, 4.69) is 19.1 Å². The lowest BCUT2D eigenvalue weighted by Gasteiger charge is -2.41. The van der Waals surface area contributed by atoms with Gasteiger partial charge in [-0.05, 0) is 38.5 Å². The number of allylic oxidation sites excluding steroid dienone is 2. The first kappa shape index (κ1) is 43.1. The second kappa shape index (κ2) is 28.3. The molecule has 3 atom stereocenters. The number of carboxylic acid groups (broad SMARTS) is 3. The minimum Gasteiger partial charge on any atom is -0.550 e. The molecule has 0 aromatic rings. The Morgan fingerprint density at radius 1 is 0.533 bits per heavy atom. The number of nitrogens with zero attached hydrogens (tertiary/aromatic N) is 1. The van der Waals surface area contributed by atoms with Gasteiger partial charge in [-0.15, -0.1) is 0 Å². The van der Waals surface area contributed by atoms with Crippen LogP contribution in [0, 0.1) is 17.8 Å². The Bertz CT molecular complexity index is 722. The molecule has 0 aliphatic carbocycles. The summed E-state index contributed by atoms with van der Waals surface area (Å²) in [6.07, 6.45) is 30.5. The maximum absolute atomic E-state index is 11.5. The number of carbonyl (C=O) groups excluding carboxylic acids is 1. The van der Waals surface area contributed by atoms with Gasteiger partial charge >= 0.3 is 11.9 Å². The van der Waals surface area contributed by atoms with Crippen molar-refractivity contribution in [1.82, 2.24) is 0 Å². The van der Waals surface area contributed by atoms with Gasteiger partial charge in [-0.2, -0.15) is 0 Å². The number of rotatable bonds is 33. The molecule has 0 aliphatic heterocycles. The lowest BCUT2D eigenvalue weighted by atomic mass is 10.0. The zero-order valence-corrected chi connectivity index (χ0v) is 29.7. The largest absolute Gasteiger partial charge is 0.550 e. The molecule has 45 heavy (non-hydrogen) atoms. The molecule has 2 N–H and O–H groups in total. The second-order valence-corrected chi connectivity index (χ2v) is 14.0. The number of quaternary nitrogens is 1. The van der Waals surface area contributed by atoms with Crippen LogP contribution in [0.2, 0.25) is 0 Å². The van der Waals surface area contributed by atoms with Gasteiger partial charge in [-0.1, -0.05) is 123 Å². The third kappa shape index (κ3) is 24.9. The van der Waals surface area contributed by atoms with Crippen molar-refractivity contribution in [2.75, 3.05) is 26.2 Å². The Kier molecular flexibility index (Phi) is 27.2. The van der Waals surface area contributed by atoms with Crippen LogP contribution in [-0.2, 0) is 14.4 Å². The number of hydrogen-bond donors (Lipinski definition) is 2. The Morgan fingerprint density at radius 3 is 1.22 bits per heavy atom. The summed E-state index contributed by atoms with van der Waals surface area (Å²) in [4.78, 5) is 34.4. The molecular weight excluding hydrogens is 566 g/mol. The molecule has 0 aromatic carbocycles. The fraction of sp³-hybridized carbons (Fsp3) is 0.868. The third-order valence-corrected chi connectivity index (χ3v) is 9.75. The van der Waals surface area contributed by atoms with E-state index in [0.717, 1.165) is 25.8 Å². The maximum Gasteiger partial charge on any atom is 0.306 e. The maximum atomic E-state index is 11.5. The second-order valence-electron chi connectivity index (χ2n) is 14.0. The Morgan fingerprint density at radius 2 is 0.867 bits per heavy atom. The van der Waals surface area contributed by atoms with Crippen molar-refractivity contribution in [3.05, 3.63) is 12.2 Å². The number of carboxylic acids is 3. The minimum absolute atomic E-state index is 0.445. The van der Waals surface area contributed by atoms with Gasteiger partial charge in [-0.25, -0.2) is 0 Å². The van der Waals surface area contributed by atoms with Gasteiger partial charge in [0, 0.05) is 31.1 Å². The lowest BCUT2D eigenvalue weighted by molar-refractivity contribution is -0.929. The topological polar surface area (TPSA) is 115 Å². The fourth-order valence-corrected chi connectivity index (χ4v) is 6.02. The molecule has 0 aromatic heterocycles. The molecule has 7 heteroatoms. The van der Waals surface area contributed by atoms with Gasteiger partial charge in [0.15, 0.2) is 0 Å². The Labute approximate surface area is 276 Å². The predicted molar refractivity (Wildman–Crippen MR) is 184 cm³/mol. The van der Waals surface area contributed by atoms with Crippen molar-refractivity contribution in [3.8, 4) is 0 Å². The first-order valence-electron chi connectivity index (χ1n) is 18.7. The van der Waals surface area contributed by atoms with Crippen LogP contribution in [0.4, 0.5) is 0 Å². The van der Waals surface area contributed by atoms with Crippen LogP contribution in [0.25, 0.3) is 0 Å². The van der Waals surface area contributed by atoms with Crippen molar-refractivity contribution < 1.29 is 34.2 Å². The zero-order valence-electron chi connectivity index (χ0n) is 29.7. The normalized spacial score (nSPS) is 15.1. The summed E-state index contributed by atoms with van der Waals surface area (Å²) in [7, 11) is 0. The van der Waals surface area contributed by atoms with Crippen molar-refractivity contribution in [3.63, 3.8) is 0 Å². The summed E-state index contributed by atoms with van der Waals surface area (Å²) in [5.41, 5.74) is 0. The summed E-state index contributed by atoms with van der Waals surface area (Å²) in [5.74, 6) is -4.31. The first-order chi connectivity index (χ1) is 21.5. The van der Waals surface area contributed by atoms with E-state index in [0.29, 0.717) is 43.4 Å². The molecular formula is C38H71NO6. The average Bonchev–Trinajstić information content (AvgIpc) is 3.01. The standard InChI is InChI=1S/C38H71NO6/c1-5-6-7-8-9-10-11-12-13-14-15-16-17-18-19-20-21-22-23-24-25-29-39(30-26-33(2)36(40)41,31-27-34(3)37(42)43)32-28-35(4)38(44)45/h14-15,33-35H,5-13,16-32H2,1-4H3,(H2-,40,41,42,43,44,45)/b15-14+. The van der Waals surface area contributed by atoms with E-state index in [1.807, 2.05) is 0 Å². The van der Waals surface area contributed by atoms with E-state index in [4.69, 9.17) is 0 Å². The smallest absolute Gasteiger partial charge is 0.306 e. The molecule has 264 valence electrons. The molecule has 7 nitrogen and oxygen atoms in total. The molecule has 0 spiro atoms. The molecule has 0 saturated carbocycles. The highest BCUT2D eigenvalue weighted by Gasteiger charge is 2.30. The van der Waals surface area contributed by atoms with Crippen LogP contribution in [0.1, 0.15) is 169 Å². The van der Waals surface area contributed by atoms with E-state index in [9.17, 15) is 29.7 Å². The highest BCUT2D eigenvalue weighted by Crippen LogP contribution is 2.22. The van der Waals surface area contributed by atoms with Gasteiger partial charge in [-0.3, -0.25) is 9.59 Å². The average molecular weight is 638 g/mol. The van der Waals surface area contributed by atoms with Crippen LogP contribution in [-0.4, -0.2) is 58.8 Å². The molecule has 0 saturated heterocycles. The Balaban J connectivity index is 4.36. The van der Waals surface area contributed by atoms with Gasteiger partial charge in [0.25, 0.3) is 0 Å². The van der Waals surface area contributed by atoms with Gasteiger partial charge in [0.2, 0.25) is 0 Å². The van der Waals surface area contributed by atoms with Crippen molar-refractivity contribution >= 4 is 17.9 Å². The lowest BCUT2D eigenvalue weighted by Crippen LogP contribution is -2.52. The van der Waals surface area contributed by atoms with E-state index in [1.54, 1.807) is 20.8 Å². The summed E-state index contributed by atoms with van der Waals surface area (Å²) in [6.45, 7) is 9.99. The van der Waals surface area contributed by atoms with E-state index in [1.165, 1.54) is 103 Å². The van der Waals surface area contributed by atoms with Gasteiger partial charge < -0.3 is 24.6 Å². The Hall–Kier alpha value is -1.89. The molecule has 0 fully saturated rings. The minimum atomic E-state index is -1.07. The van der Waals surface area contributed by atoms with Crippen molar-refractivity contribution in [2.45, 2.75) is 169 Å². The van der Waals surface area contributed by atoms with E-state index < -0.39 is 35.7 Å². The number of carbonyl (C=O) groups is 3. The van der Waals surface area contributed by atoms with Crippen LogP contribution in [0.3, 0.4) is 0 Å². The van der Waals surface area contributed by atoms with Crippen LogP contribution < -0.4 is 5.11 Å². The molecule has 0 heterocycles. The van der Waals surface area contributed by atoms with Crippen LogP contribution >= 0.6 is 0 Å². The molecule has 0 amide bonds. The van der Waals surface area contributed by atoms with Crippen molar-refractivity contribution in [1.29, 1.82) is 0 Å². The molecule has 0 radical (unpaired) electrons. The fourth-order valence-electron chi connectivity index (χ4n) is 6.02. The zero-order chi connectivity index (χ0) is 33.8. The molecule has 0 bridgehead atoms. The van der Waals surface area contributed by atoms with E-state index >= 15 is 0 Å². The highest BCUT2D eigenvalue weighted by molar-refractivity contribution is 5.69.